The number of aryl methyl sites for hydroxylation is 1. The van der Waals surface area contributed by atoms with Gasteiger partial charge in [0.05, 0.1) is 25.6 Å². The van der Waals surface area contributed by atoms with Gasteiger partial charge in [-0.3, -0.25) is 4.90 Å². The average molecular weight is 341 g/mol. The minimum absolute atomic E-state index is 0.168. The summed E-state index contributed by atoms with van der Waals surface area (Å²) in [6, 6.07) is 6.93. The minimum atomic E-state index is -0.168. The normalized spacial score (nSPS) is 27.7. The number of nitrogens with zero attached hydrogens (tertiary/aromatic N) is 3. The minimum Gasteiger partial charge on any atom is -0.393 e. The van der Waals surface area contributed by atoms with Crippen molar-refractivity contribution in [2.24, 2.45) is 5.92 Å². The van der Waals surface area contributed by atoms with Crippen LogP contribution in [-0.4, -0.2) is 51.5 Å². The molecule has 5 nitrogen and oxygen atoms in total. The smallest absolute Gasteiger partial charge is 0.0991 e. The summed E-state index contributed by atoms with van der Waals surface area (Å²) in [5.41, 5.74) is 3.79. The summed E-state index contributed by atoms with van der Waals surface area (Å²) >= 11 is 0. The molecule has 3 atom stereocenters. The lowest BCUT2D eigenvalue weighted by Gasteiger charge is -2.40. The highest BCUT2D eigenvalue weighted by Gasteiger charge is 2.37. The number of benzene rings is 1. The van der Waals surface area contributed by atoms with Crippen molar-refractivity contribution in [3.8, 4) is 5.69 Å². The van der Waals surface area contributed by atoms with Crippen molar-refractivity contribution in [3.63, 3.8) is 0 Å². The predicted molar refractivity (Wildman–Crippen MR) is 96.7 cm³/mol. The van der Waals surface area contributed by atoms with E-state index in [4.69, 9.17) is 4.74 Å². The molecule has 0 unspecified atom stereocenters. The van der Waals surface area contributed by atoms with E-state index >= 15 is 0 Å². The Kier molecular flexibility index (Phi) is 4.88. The van der Waals surface area contributed by atoms with Gasteiger partial charge in [-0.15, -0.1) is 0 Å². The molecule has 2 aromatic rings. The van der Waals surface area contributed by atoms with E-state index in [0.717, 1.165) is 51.3 Å². The first-order valence-corrected chi connectivity index (χ1v) is 9.30. The average Bonchev–Trinajstić information content (AvgIpc) is 3.29. The second kappa shape index (κ2) is 7.28. The number of imidazole rings is 1. The topological polar surface area (TPSA) is 50.5 Å². The molecule has 4 rings (SSSR count). The first-order chi connectivity index (χ1) is 12.2. The Bertz CT molecular complexity index is 701. The summed E-state index contributed by atoms with van der Waals surface area (Å²) in [7, 11) is 0. The van der Waals surface area contributed by atoms with Gasteiger partial charge in [-0.1, -0.05) is 12.5 Å². The first kappa shape index (κ1) is 16.8. The van der Waals surface area contributed by atoms with E-state index in [1.165, 1.54) is 11.1 Å². The fourth-order valence-electron chi connectivity index (χ4n) is 4.31. The molecule has 1 aromatic heterocycles. The van der Waals surface area contributed by atoms with Gasteiger partial charge in [-0.05, 0) is 43.0 Å². The van der Waals surface area contributed by atoms with Crippen molar-refractivity contribution < 1.29 is 9.84 Å². The van der Waals surface area contributed by atoms with Gasteiger partial charge in [0.2, 0.25) is 0 Å². The van der Waals surface area contributed by atoms with Crippen molar-refractivity contribution in [1.29, 1.82) is 0 Å². The SMILES string of the molecule is Cc1cc(-n2ccnc2)ccc1CN1CCOC[C@@H]1[C@H]1CCC[C@@H]1O. The van der Waals surface area contributed by atoms with Crippen molar-refractivity contribution in [2.45, 2.75) is 44.9 Å². The Hall–Kier alpha value is -1.69. The second-order valence-electron chi connectivity index (χ2n) is 7.36. The van der Waals surface area contributed by atoms with Crippen LogP contribution in [0.15, 0.2) is 36.9 Å². The quantitative estimate of drug-likeness (QED) is 0.928. The van der Waals surface area contributed by atoms with Crippen LogP contribution < -0.4 is 0 Å². The van der Waals surface area contributed by atoms with E-state index in [1.54, 1.807) is 6.20 Å². The van der Waals surface area contributed by atoms with Crippen LogP contribution in [0, 0.1) is 12.8 Å². The second-order valence-corrected chi connectivity index (χ2v) is 7.36. The van der Waals surface area contributed by atoms with Gasteiger partial charge < -0.3 is 14.4 Å². The molecular formula is C20H27N3O2. The lowest BCUT2D eigenvalue weighted by Crippen LogP contribution is -2.50. The third kappa shape index (κ3) is 3.50. The summed E-state index contributed by atoms with van der Waals surface area (Å²) in [5.74, 6) is 0.353. The molecule has 134 valence electrons. The van der Waals surface area contributed by atoms with Gasteiger partial charge in [0, 0.05) is 43.1 Å². The van der Waals surface area contributed by atoms with E-state index in [1.807, 2.05) is 17.1 Å². The van der Waals surface area contributed by atoms with E-state index in [2.05, 4.69) is 35.0 Å². The Balaban J connectivity index is 1.51. The van der Waals surface area contributed by atoms with E-state index in [0.29, 0.717) is 12.0 Å². The lowest BCUT2D eigenvalue weighted by atomic mass is 9.93. The monoisotopic (exact) mass is 341 g/mol. The maximum absolute atomic E-state index is 10.3. The summed E-state index contributed by atoms with van der Waals surface area (Å²) in [6.45, 7) is 5.57. The number of hydrogen-bond acceptors (Lipinski definition) is 4. The van der Waals surface area contributed by atoms with Crippen molar-refractivity contribution in [3.05, 3.63) is 48.0 Å². The van der Waals surface area contributed by atoms with Crippen LogP contribution in [-0.2, 0) is 11.3 Å². The summed E-state index contributed by atoms with van der Waals surface area (Å²) in [5, 5.41) is 10.3. The molecule has 2 aliphatic rings. The predicted octanol–water partition coefficient (Wildman–Crippen LogP) is 2.54. The Labute approximate surface area is 149 Å². The Morgan fingerprint density at radius 2 is 2.24 bits per heavy atom. The van der Waals surface area contributed by atoms with Gasteiger partial charge >= 0.3 is 0 Å². The zero-order chi connectivity index (χ0) is 17.2. The molecule has 1 aliphatic heterocycles. The molecule has 1 aromatic carbocycles. The molecule has 0 amide bonds. The van der Waals surface area contributed by atoms with E-state index in [9.17, 15) is 5.11 Å². The molecule has 1 N–H and O–H groups in total. The zero-order valence-corrected chi connectivity index (χ0v) is 14.8. The van der Waals surface area contributed by atoms with Crippen molar-refractivity contribution >= 4 is 0 Å². The zero-order valence-electron chi connectivity index (χ0n) is 14.8. The number of ether oxygens (including phenoxy) is 1. The molecule has 0 radical (unpaired) electrons. The van der Waals surface area contributed by atoms with Crippen LogP contribution in [0.2, 0.25) is 0 Å². The molecule has 1 aliphatic carbocycles. The van der Waals surface area contributed by atoms with Gasteiger partial charge in [0.25, 0.3) is 0 Å². The van der Waals surface area contributed by atoms with Crippen LogP contribution in [0.1, 0.15) is 30.4 Å². The highest BCUT2D eigenvalue weighted by Crippen LogP contribution is 2.33. The molecule has 5 heteroatoms. The molecule has 0 bridgehead atoms. The molecule has 25 heavy (non-hydrogen) atoms. The molecule has 2 heterocycles. The summed E-state index contributed by atoms with van der Waals surface area (Å²) in [6.07, 6.45) is 8.61. The fraction of sp³-hybridized carbons (Fsp3) is 0.550. The number of aliphatic hydroxyl groups is 1. The highest BCUT2D eigenvalue weighted by molar-refractivity contribution is 5.40. The third-order valence-corrected chi connectivity index (χ3v) is 5.81. The van der Waals surface area contributed by atoms with E-state index < -0.39 is 0 Å². The number of hydrogen-bond donors (Lipinski definition) is 1. The largest absolute Gasteiger partial charge is 0.393 e. The van der Waals surface area contributed by atoms with Crippen molar-refractivity contribution in [1.82, 2.24) is 14.5 Å². The van der Waals surface area contributed by atoms with Crippen molar-refractivity contribution in [2.75, 3.05) is 19.8 Å². The maximum Gasteiger partial charge on any atom is 0.0991 e. The fourth-order valence-corrected chi connectivity index (χ4v) is 4.31. The number of morpholine rings is 1. The van der Waals surface area contributed by atoms with Crippen LogP contribution in [0.4, 0.5) is 0 Å². The molecular weight excluding hydrogens is 314 g/mol. The summed E-state index contributed by atoms with van der Waals surface area (Å²) in [4.78, 5) is 6.64. The van der Waals surface area contributed by atoms with Gasteiger partial charge in [-0.2, -0.15) is 0 Å². The Morgan fingerprint density at radius 3 is 2.96 bits per heavy atom. The maximum atomic E-state index is 10.3. The van der Waals surface area contributed by atoms with Crippen LogP contribution in [0.5, 0.6) is 0 Å². The standard InChI is InChI=1S/C20H27N3O2/c1-15-11-17(23-8-7-21-14-23)6-5-16(15)12-22-9-10-25-13-19(22)18-3-2-4-20(18)24/h5-8,11,14,18-20,24H,2-4,9-10,12-13H2,1H3/t18-,19-,20+/m1/s1. The highest BCUT2D eigenvalue weighted by atomic mass is 16.5. The molecule has 1 saturated heterocycles. The van der Waals surface area contributed by atoms with Gasteiger partial charge in [-0.25, -0.2) is 4.98 Å². The number of aliphatic hydroxyl groups excluding tert-OH is 1. The number of rotatable bonds is 4. The van der Waals surface area contributed by atoms with Crippen LogP contribution in [0.25, 0.3) is 5.69 Å². The van der Waals surface area contributed by atoms with E-state index in [-0.39, 0.29) is 6.10 Å². The van der Waals surface area contributed by atoms with Gasteiger partial charge in [0.1, 0.15) is 0 Å². The lowest BCUT2D eigenvalue weighted by molar-refractivity contribution is -0.0537. The first-order valence-electron chi connectivity index (χ1n) is 9.30. The molecule has 1 saturated carbocycles. The van der Waals surface area contributed by atoms with Crippen LogP contribution >= 0.6 is 0 Å². The Morgan fingerprint density at radius 1 is 1.32 bits per heavy atom. The third-order valence-electron chi connectivity index (χ3n) is 5.81. The molecule has 0 spiro atoms. The number of aromatic nitrogens is 2. The molecule has 2 fully saturated rings. The summed E-state index contributed by atoms with van der Waals surface area (Å²) < 4.78 is 7.78. The van der Waals surface area contributed by atoms with Crippen LogP contribution in [0.3, 0.4) is 0 Å². The van der Waals surface area contributed by atoms with Gasteiger partial charge in [0.15, 0.2) is 0 Å².